The Hall–Kier alpha value is -1.47. The van der Waals surface area contributed by atoms with E-state index in [1.54, 1.807) is 12.1 Å². The van der Waals surface area contributed by atoms with E-state index in [-0.39, 0.29) is 9.37 Å². The number of hydrogen-bond donors (Lipinski definition) is 1. The summed E-state index contributed by atoms with van der Waals surface area (Å²) in [5.41, 5.74) is 0.320. The van der Waals surface area contributed by atoms with Crippen LogP contribution >= 0.6 is 15.9 Å². The molecule has 1 aromatic carbocycles. The minimum absolute atomic E-state index is 0.146. The highest BCUT2D eigenvalue weighted by atomic mass is 79.9. The number of nitrogens with zero attached hydrogens (tertiary/aromatic N) is 1. The van der Waals surface area contributed by atoms with Gasteiger partial charge in [-0.1, -0.05) is 0 Å². The van der Waals surface area contributed by atoms with Gasteiger partial charge in [0.05, 0.1) is 21.3 Å². The molecule has 0 radical (unpaired) electrons. The second-order valence-electron chi connectivity index (χ2n) is 3.42. The van der Waals surface area contributed by atoms with Crippen LogP contribution in [0.25, 0.3) is 0 Å². The Balaban J connectivity index is 2.34. The van der Waals surface area contributed by atoms with Crippen LogP contribution in [-0.2, 0) is 10.0 Å². The Morgan fingerprint density at radius 1 is 1.28 bits per heavy atom. The van der Waals surface area contributed by atoms with Gasteiger partial charge in [0.2, 0.25) is 0 Å². The molecule has 0 aliphatic carbocycles. The zero-order valence-corrected chi connectivity index (χ0v) is 11.4. The summed E-state index contributed by atoms with van der Waals surface area (Å²) < 4.78 is 39.7. The summed E-state index contributed by atoms with van der Waals surface area (Å²) in [5, 5.41) is 0. The van der Waals surface area contributed by atoms with Crippen molar-refractivity contribution in [3.05, 3.63) is 53.0 Å². The number of benzene rings is 1. The smallest absolute Gasteiger partial charge is 0.262 e. The third-order valence-electron chi connectivity index (χ3n) is 2.12. The number of rotatable bonds is 3. The number of nitrogens with one attached hydrogen (secondary N) is 1. The molecule has 2 rings (SSSR count). The number of sulfonamides is 1. The summed E-state index contributed by atoms with van der Waals surface area (Å²) in [6, 6.07) is 6.75. The van der Waals surface area contributed by atoms with Crippen molar-refractivity contribution < 1.29 is 12.8 Å². The Labute approximate surface area is 112 Å². The molecule has 0 spiro atoms. The van der Waals surface area contributed by atoms with E-state index >= 15 is 0 Å². The number of anilines is 1. The summed E-state index contributed by atoms with van der Waals surface area (Å²) in [6.07, 6.45) is 2.89. The summed E-state index contributed by atoms with van der Waals surface area (Å²) in [7, 11) is -3.80. The van der Waals surface area contributed by atoms with Gasteiger partial charge >= 0.3 is 0 Å². The molecule has 0 fully saturated rings. The minimum atomic E-state index is -3.80. The molecule has 2 aromatic rings. The van der Waals surface area contributed by atoms with Crippen LogP contribution in [0.3, 0.4) is 0 Å². The van der Waals surface area contributed by atoms with E-state index in [0.29, 0.717) is 5.69 Å². The predicted molar refractivity (Wildman–Crippen MR) is 69.1 cm³/mol. The fourth-order valence-electron chi connectivity index (χ4n) is 1.28. The third kappa shape index (κ3) is 2.85. The van der Waals surface area contributed by atoms with Gasteiger partial charge in [-0.2, -0.15) is 0 Å². The fraction of sp³-hybridized carbons (Fsp3) is 0. The normalized spacial score (nSPS) is 11.2. The van der Waals surface area contributed by atoms with E-state index in [1.807, 2.05) is 0 Å². The largest absolute Gasteiger partial charge is 0.278 e. The van der Waals surface area contributed by atoms with Gasteiger partial charge in [0, 0.05) is 6.20 Å². The van der Waals surface area contributed by atoms with E-state index < -0.39 is 15.8 Å². The van der Waals surface area contributed by atoms with E-state index in [0.717, 1.165) is 6.07 Å². The van der Waals surface area contributed by atoms with Gasteiger partial charge in [-0.05, 0) is 46.3 Å². The molecule has 0 aliphatic rings. The van der Waals surface area contributed by atoms with Crippen molar-refractivity contribution in [2.24, 2.45) is 0 Å². The molecular formula is C11H8BrFN2O2S. The quantitative estimate of drug-likeness (QED) is 0.941. The van der Waals surface area contributed by atoms with Crippen LogP contribution in [0.1, 0.15) is 0 Å². The van der Waals surface area contributed by atoms with E-state index in [1.165, 1.54) is 24.5 Å². The molecule has 0 saturated carbocycles. The Kier molecular flexibility index (Phi) is 3.63. The summed E-state index contributed by atoms with van der Waals surface area (Å²) >= 11 is 2.96. The van der Waals surface area contributed by atoms with Crippen molar-refractivity contribution in [1.82, 2.24) is 4.98 Å². The van der Waals surface area contributed by atoms with Crippen LogP contribution in [0, 0.1) is 5.82 Å². The highest BCUT2D eigenvalue weighted by Crippen LogP contribution is 2.21. The van der Waals surface area contributed by atoms with Crippen molar-refractivity contribution in [2.45, 2.75) is 4.90 Å². The van der Waals surface area contributed by atoms with Gasteiger partial charge in [0.1, 0.15) is 5.82 Å². The lowest BCUT2D eigenvalue weighted by Gasteiger charge is -2.07. The Morgan fingerprint density at radius 2 is 2.06 bits per heavy atom. The van der Waals surface area contributed by atoms with Gasteiger partial charge in [-0.25, -0.2) is 12.8 Å². The lowest BCUT2D eigenvalue weighted by Crippen LogP contribution is -2.13. The van der Waals surface area contributed by atoms with Crippen molar-refractivity contribution in [3.8, 4) is 0 Å². The van der Waals surface area contributed by atoms with Crippen LogP contribution in [0.2, 0.25) is 0 Å². The molecule has 7 heteroatoms. The average molecular weight is 331 g/mol. The summed E-state index contributed by atoms with van der Waals surface area (Å²) in [5.74, 6) is -0.635. The summed E-state index contributed by atoms with van der Waals surface area (Å²) in [4.78, 5) is 3.64. The molecule has 0 amide bonds. The lowest BCUT2D eigenvalue weighted by molar-refractivity contribution is 0.593. The first kappa shape index (κ1) is 13.0. The van der Waals surface area contributed by atoms with Crippen molar-refractivity contribution in [1.29, 1.82) is 0 Å². The molecule has 0 unspecified atom stereocenters. The lowest BCUT2D eigenvalue weighted by atomic mass is 10.3. The van der Waals surface area contributed by atoms with Gasteiger partial charge in [-0.15, -0.1) is 0 Å². The molecule has 0 bridgehead atoms. The van der Waals surface area contributed by atoms with Crippen LogP contribution in [0.5, 0.6) is 0 Å². The second-order valence-corrected chi connectivity index (χ2v) is 5.96. The maximum Gasteiger partial charge on any atom is 0.262 e. The van der Waals surface area contributed by atoms with Crippen LogP contribution < -0.4 is 4.72 Å². The van der Waals surface area contributed by atoms with Gasteiger partial charge < -0.3 is 0 Å². The van der Waals surface area contributed by atoms with Gasteiger partial charge in [0.15, 0.2) is 0 Å². The van der Waals surface area contributed by atoms with E-state index in [4.69, 9.17) is 0 Å². The molecule has 4 nitrogen and oxygen atoms in total. The average Bonchev–Trinajstić information content (AvgIpc) is 2.33. The third-order valence-corrected chi connectivity index (χ3v) is 4.14. The molecule has 94 valence electrons. The molecule has 1 N–H and O–H groups in total. The van der Waals surface area contributed by atoms with E-state index in [9.17, 15) is 12.8 Å². The number of pyridine rings is 1. The van der Waals surface area contributed by atoms with Gasteiger partial charge in [0.25, 0.3) is 10.0 Å². The Morgan fingerprint density at radius 3 is 2.67 bits per heavy atom. The topological polar surface area (TPSA) is 59.1 Å². The molecule has 1 aromatic heterocycles. The van der Waals surface area contributed by atoms with Crippen LogP contribution in [0.4, 0.5) is 10.1 Å². The van der Waals surface area contributed by atoms with E-state index in [2.05, 4.69) is 25.6 Å². The van der Waals surface area contributed by atoms with Gasteiger partial charge in [-0.3, -0.25) is 9.71 Å². The summed E-state index contributed by atoms with van der Waals surface area (Å²) in [6.45, 7) is 0. The molecule has 18 heavy (non-hydrogen) atoms. The van der Waals surface area contributed by atoms with Crippen molar-refractivity contribution in [3.63, 3.8) is 0 Å². The first-order valence-electron chi connectivity index (χ1n) is 4.87. The SMILES string of the molecule is O=S(=O)(Nc1cccnc1)c1ccc(Br)c(F)c1. The number of hydrogen-bond acceptors (Lipinski definition) is 3. The molecular weight excluding hydrogens is 323 g/mol. The highest BCUT2D eigenvalue weighted by molar-refractivity contribution is 9.10. The Bertz CT molecular complexity index is 662. The number of aromatic nitrogens is 1. The second kappa shape index (κ2) is 5.03. The number of halogens is 2. The minimum Gasteiger partial charge on any atom is -0.278 e. The maximum absolute atomic E-state index is 13.3. The molecule has 0 aliphatic heterocycles. The highest BCUT2D eigenvalue weighted by Gasteiger charge is 2.15. The molecule has 1 heterocycles. The zero-order valence-electron chi connectivity index (χ0n) is 8.97. The maximum atomic E-state index is 13.3. The van der Waals surface area contributed by atoms with Crippen LogP contribution in [-0.4, -0.2) is 13.4 Å². The predicted octanol–water partition coefficient (Wildman–Crippen LogP) is 2.78. The molecule has 0 atom stereocenters. The first-order valence-corrected chi connectivity index (χ1v) is 7.14. The van der Waals surface area contributed by atoms with Crippen molar-refractivity contribution in [2.75, 3.05) is 4.72 Å². The van der Waals surface area contributed by atoms with Crippen LogP contribution in [0.15, 0.2) is 52.1 Å². The first-order chi connectivity index (χ1) is 8.49. The zero-order chi connectivity index (χ0) is 13.2. The standard InChI is InChI=1S/C11H8BrFN2O2S/c12-10-4-3-9(6-11(10)13)18(16,17)15-8-2-1-5-14-7-8/h1-7,15H. The molecule has 0 saturated heterocycles. The van der Waals surface area contributed by atoms with Crippen molar-refractivity contribution >= 4 is 31.6 Å². The fourth-order valence-corrected chi connectivity index (χ4v) is 2.58. The monoisotopic (exact) mass is 330 g/mol.